The van der Waals surface area contributed by atoms with E-state index < -0.39 is 38.2 Å². The van der Waals surface area contributed by atoms with Gasteiger partial charge in [-0.3, -0.25) is 9.78 Å². The molecular formula is C26H25F3N4O4S. The molecule has 200 valence electrons. The molecule has 2 aliphatic heterocycles. The van der Waals surface area contributed by atoms with E-state index in [-0.39, 0.29) is 12.2 Å². The minimum absolute atomic E-state index is 0.0116. The number of anilines is 2. The average Bonchev–Trinajstić information content (AvgIpc) is 3.11. The first kappa shape index (κ1) is 26.0. The van der Waals surface area contributed by atoms with Crippen LogP contribution in [0.3, 0.4) is 0 Å². The van der Waals surface area contributed by atoms with E-state index in [1.54, 1.807) is 19.2 Å². The highest BCUT2D eigenvalue weighted by atomic mass is 32.2. The van der Waals surface area contributed by atoms with Crippen LogP contribution in [0.25, 0.3) is 10.9 Å². The van der Waals surface area contributed by atoms with Crippen molar-refractivity contribution in [2.75, 3.05) is 22.9 Å². The Kier molecular flexibility index (Phi) is 6.54. The van der Waals surface area contributed by atoms with Crippen molar-refractivity contribution in [1.29, 1.82) is 0 Å². The number of hydrogen-bond acceptors (Lipinski definition) is 6. The van der Waals surface area contributed by atoms with Gasteiger partial charge in [0, 0.05) is 31.2 Å². The number of hydrogen-bond donors (Lipinski definition) is 0. The molecule has 0 bridgehead atoms. The van der Waals surface area contributed by atoms with E-state index in [0.717, 1.165) is 77.3 Å². The molecule has 2 aromatic carbocycles. The maximum atomic E-state index is 13.3. The number of nitrogens with zero attached hydrogens (tertiary/aromatic N) is 4. The number of amides is 3. The summed E-state index contributed by atoms with van der Waals surface area (Å²) in [5.41, 5.74) is -2.83. The lowest BCUT2D eigenvalue weighted by Gasteiger charge is -2.29. The van der Waals surface area contributed by atoms with E-state index in [2.05, 4.69) is 9.88 Å². The standard InChI is InChI=1S/C26H25F3N4O4S/c1-17-24(34)33(19-8-10-20(11-9-19)38(36,37)26(27,28)29)25(35)32(17)16-18-12-13-30-23-21(18)6-5-7-22(23)31-14-3-2-4-15-31/h5-13,17H,2-4,14-16H2,1H3. The Bertz CT molecular complexity index is 1500. The van der Waals surface area contributed by atoms with Gasteiger partial charge in [-0.15, -0.1) is 0 Å². The fourth-order valence-corrected chi connectivity index (χ4v) is 5.75. The van der Waals surface area contributed by atoms with Crippen LogP contribution in [0.4, 0.5) is 29.3 Å². The minimum atomic E-state index is -5.55. The Balaban J connectivity index is 1.43. The van der Waals surface area contributed by atoms with Gasteiger partial charge in [0.05, 0.1) is 21.8 Å². The third-order valence-corrected chi connectivity index (χ3v) is 8.57. The highest BCUT2D eigenvalue weighted by Gasteiger charge is 2.47. The zero-order valence-electron chi connectivity index (χ0n) is 20.5. The van der Waals surface area contributed by atoms with Gasteiger partial charge in [-0.2, -0.15) is 13.2 Å². The summed E-state index contributed by atoms with van der Waals surface area (Å²) in [4.78, 5) is 34.5. The van der Waals surface area contributed by atoms with Crippen LogP contribution in [-0.2, 0) is 21.2 Å². The van der Waals surface area contributed by atoms with E-state index in [1.807, 2.05) is 18.2 Å². The largest absolute Gasteiger partial charge is 0.501 e. The van der Waals surface area contributed by atoms with Gasteiger partial charge in [-0.25, -0.2) is 18.1 Å². The summed E-state index contributed by atoms with van der Waals surface area (Å²) in [6.07, 6.45) is 5.09. The van der Waals surface area contributed by atoms with Crippen molar-refractivity contribution in [3.8, 4) is 0 Å². The van der Waals surface area contributed by atoms with Gasteiger partial charge in [-0.1, -0.05) is 12.1 Å². The lowest BCUT2D eigenvalue weighted by atomic mass is 10.0. The lowest BCUT2D eigenvalue weighted by Crippen LogP contribution is -2.33. The molecule has 1 atom stereocenters. The van der Waals surface area contributed by atoms with Crippen LogP contribution in [0.5, 0.6) is 0 Å². The number of benzene rings is 2. The number of carbonyl (C=O) groups is 2. The van der Waals surface area contributed by atoms with Crippen LogP contribution < -0.4 is 9.80 Å². The van der Waals surface area contributed by atoms with Crippen LogP contribution in [0.1, 0.15) is 31.7 Å². The minimum Gasteiger partial charge on any atom is -0.370 e. The molecule has 3 amide bonds. The molecule has 3 aromatic rings. The second-order valence-corrected chi connectivity index (χ2v) is 11.3. The first-order valence-electron chi connectivity index (χ1n) is 12.2. The Morgan fingerprint density at radius 1 is 0.974 bits per heavy atom. The number of pyridine rings is 1. The molecule has 2 saturated heterocycles. The van der Waals surface area contributed by atoms with Crippen molar-refractivity contribution in [3.63, 3.8) is 0 Å². The molecule has 2 aliphatic rings. The van der Waals surface area contributed by atoms with Gasteiger partial charge in [0.2, 0.25) is 0 Å². The van der Waals surface area contributed by atoms with Crippen molar-refractivity contribution < 1.29 is 31.2 Å². The Hall–Kier alpha value is -3.67. The van der Waals surface area contributed by atoms with Crippen molar-refractivity contribution >= 4 is 44.1 Å². The molecule has 2 fully saturated rings. The van der Waals surface area contributed by atoms with Gasteiger partial charge >= 0.3 is 11.5 Å². The zero-order valence-corrected chi connectivity index (χ0v) is 21.3. The summed E-state index contributed by atoms with van der Waals surface area (Å²) in [6, 6.07) is 9.75. The Labute approximate surface area is 217 Å². The van der Waals surface area contributed by atoms with Crippen LogP contribution in [-0.4, -0.2) is 54.9 Å². The number of aromatic nitrogens is 1. The molecule has 0 aliphatic carbocycles. The predicted octanol–water partition coefficient (Wildman–Crippen LogP) is 4.88. The van der Waals surface area contributed by atoms with Crippen LogP contribution in [0.2, 0.25) is 0 Å². The highest BCUT2D eigenvalue weighted by molar-refractivity contribution is 7.92. The molecule has 8 nitrogen and oxygen atoms in total. The smallest absolute Gasteiger partial charge is 0.370 e. The van der Waals surface area contributed by atoms with Crippen molar-refractivity contribution in [3.05, 3.63) is 60.3 Å². The van der Waals surface area contributed by atoms with Gasteiger partial charge < -0.3 is 9.80 Å². The van der Waals surface area contributed by atoms with Crippen LogP contribution in [0, 0.1) is 0 Å². The van der Waals surface area contributed by atoms with Crippen LogP contribution >= 0.6 is 0 Å². The summed E-state index contributed by atoms with van der Waals surface area (Å²) in [6.45, 7) is 3.58. The Morgan fingerprint density at radius 3 is 2.32 bits per heavy atom. The van der Waals surface area contributed by atoms with Gasteiger partial charge in [0.1, 0.15) is 6.04 Å². The molecule has 12 heteroatoms. The first-order valence-corrected chi connectivity index (χ1v) is 13.7. The number of piperidine rings is 1. The number of rotatable bonds is 5. The number of imide groups is 1. The molecule has 0 N–H and O–H groups in total. The van der Waals surface area contributed by atoms with Gasteiger partial charge in [0.25, 0.3) is 15.7 Å². The normalized spacial score (nSPS) is 19.1. The molecule has 38 heavy (non-hydrogen) atoms. The summed E-state index contributed by atoms with van der Waals surface area (Å²) in [5.74, 6) is -0.561. The maximum absolute atomic E-state index is 13.3. The maximum Gasteiger partial charge on any atom is 0.501 e. The van der Waals surface area contributed by atoms with E-state index in [9.17, 15) is 31.2 Å². The SMILES string of the molecule is CC1C(=O)N(c2ccc(S(=O)(=O)C(F)(F)F)cc2)C(=O)N1Cc1ccnc2c(N3CCCCC3)cccc12. The van der Waals surface area contributed by atoms with Gasteiger partial charge in [0.15, 0.2) is 0 Å². The summed E-state index contributed by atoms with van der Waals surface area (Å²) in [5, 5.41) is 0.864. The molecule has 1 unspecified atom stereocenters. The van der Waals surface area contributed by atoms with E-state index in [1.165, 1.54) is 11.3 Å². The molecule has 0 saturated carbocycles. The summed E-state index contributed by atoms with van der Waals surface area (Å²) in [7, 11) is -5.55. The number of urea groups is 1. The van der Waals surface area contributed by atoms with E-state index in [0.29, 0.717) is 0 Å². The fraction of sp³-hybridized carbons (Fsp3) is 0.346. The monoisotopic (exact) mass is 546 g/mol. The molecule has 1 aromatic heterocycles. The number of halogens is 3. The number of fused-ring (bicyclic) bond motifs is 1. The molecule has 3 heterocycles. The summed E-state index contributed by atoms with van der Waals surface area (Å²) >= 11 is 0. The van der Waals surface area contributed by atoms with Crippen molar-refractivity contribution in [1.82, 2.24) is 9.88 Å². The van der Waals surface area contributed by atoms with E-state index >= 15 is 0 Å². The average molecular weight is 547 g/mol. The molecular weight excluding hydrogens is 521 g/mol. The third kappa shape index (κ3) is 4.36. The fourth-order valence-electron chi connectivity index (χ4n) is 4.99. The molecule has 0 radical (unpaired) electrons. The zero-order chi connectivity index (χ0) is 27.2. The van der Waals surface area contributed by atoms with Crippen molar-refractivity contribution in [2.24, 2.45) is 0 Å². The predicted molar refractivity (Wildman–Crippen MR) is 135 cm³/mol. The number of carbonyl (C=O) groups excluding carboxylic acids is 2. The second-order valence-electron chi connectivity index (χ2n) is 9.39. The topological polar surface area (TPSA) is 90.9 Å². The third-order valence-electron chi connectivity index (χ3n) is 7.07. The van der Waals surface area contributed by atoms with Gasteiger partial charge in [-0.05, 0) is 68.1 Å². The number of sulfone groups is 1. The Morgan fingerprint density at radius 2 is 1.66 bits per heavy atom. The van der Waals surface area contributed by atoms with Crippen LogP contribution in [0.15, 0.2) is 59.6 Å². The number of para-hydroxylation sites is 1. The quantitative estimate of drug-likeness (QED) is 0.424. The number of alkyl halides is 3. The summed E-state index contributed by atoms with van der Waals surface area (Å²) < 4.78 is 62.0. The lowest BCUT2D eigenvalue weighted by molar-refractivity contribution is -0.119. The molecule has 5 rings (SSSR count). The van der Waals surface area contributed by atoms with E-state index in [4.69, 9.17) is 0 Å². The first-order chi connectivity index (χ1) is 18.0. The molecule has 0 spiro atoms. The highest BCUT2D eigenvalue weighted by Crippen LogP contribution is 2.34. The second kappa shape index (κ2) is 9.57. The van der Waals surface area contributed by atoms with Crippen molar-refractivity contribution in [2.45, 2.75) is 49.2 Å².